The normalized spacial score (nSPS) is 15.5. The van der Waals surface area contributed by atoms with E-state index in [0.717, 1.165) is 18.5 Å². The maximum absolute atomic E-state index is 11.4. The van der Waals surface area contributed by atoms with Crippen LogP contribution in [0.1, 0.15) is 18.4 Å². The highest BCUT2D eigenvalue weighted by atomic mass is 16.2. The molecule has 1 fully saturated rings. The van der Waals surface area contributed by atoms with E-state index in [1.807, 2.05) is 31.2 Å². The molecule has 0 bridgehead atoms. The summed E-state index contributed by atoms with van der Waals surface area (Å²) in [6, 6.07) is 7.89. The molecule has 0 aliphatic heterocycles. The Balaban J connectivity index is 2.04. The molecule has 1 aromatic rings. The van der Waals surface area contributed by atoms with Crippen molar-refractivity contribution in [3.8, 4) is 0 Å². The zero-order valence-electron chi connectivity index (χ0n) is 7.71. The molecule has 0 unspecified atom stereocenters. The van der Waals surface area contributed by atoms with Crippen molar-refractivity contribution in [1.29, 1.82) is 0 Å². The number of rotatable bonds is 2. The molecule has 0 spiro atoms. The van der Waals surface area contributed by atoms with E-state index in [1.54, 1.807) is 0 Å². The van der Waals surface area contributed by atoms with Crippen molar-refractivity contribution in [2.45, 2.75) is 19.8 Å². The third kappa shape index (κ3) is 2.08. The number of amides is 1. The minimum Gasteiger partial charge on any atom is -0.326 e. The van der Waals surface area contributed by atoms with Crippen LogP contribution in [0.5, 0.6) is 0 Å². The minimum atomic E-state index is 0.172. The molecule has 2 nitrogen and oxygen atoms in total. The van der Waals surface area contributed by atoms with Crippen LogP contribution >= 0.6 is 0 Å². The quantitative estimate of drug-likeness (QED) is 0.734. The Hall–Kier alpha value is -1.31. The van der Waals surface area contributed by atoms with Crippen LogP contribution < -0.4 is 5.32 Å². The smallest absolute Gasteiger partial charge is 0.227 e. The van der Waals surface area contributed by atoms with Crippen molar-refractivity contribution >= 4 is 11.6 Å². The molecule has 68 valence electrons. The van der Waals surface area contributed by atoms with Gasteiger partial charge in [-0.05, 0) is 37.5 Å². The predicted molar refractivity (Wildman–Crippen MR) is 52.5 cm³/mol. The maximum Gasteiger partial charge on any atom is 0.227 e. The molecule has 0 aromatic heterocycles. The lowest BCUT2D eigenvalue weighted by molar-refractivity contribution is -0.117. The molecule has 0 atom stereocenters. The lowest BCUT2D eigenvalue weighted by Gasteiger charge is -2.04. The standard InChI is InChI=1S/C11H13NO/c1-8-3-2-4-10(7-8)12-11(13)9-5-6-9/h2-4,7,9H,5-6H2,1H3,(H,12,13). The van der Waals surface area contributed by atoms with Crippen LogP contribution in [0.4, 0.5) is 5.69 Å². The van der Waals surface area contributed by atoms with Gasteiger partial charge in [0.2, 0.25) is 5.91 Å². The van der Waals surface area contributed by atoms with Crippen LogP contribution in [0.3, 0.4) is 0 Å². The van der Waals surface area contributed by atoms with Crippen LogP contribution in [0.2, 0.25) is 0 Å². The van der Waals surface area contributed by atoms with Gasteiger partial charge in [-0.3, -0.25) is 4.79 Å². The van der Waals surface area contributed by atoms with Crippen LogP contribution in [-0.4, -0.2) is 5.91 Å². The molecule has 0 heterocycles. The summed E-state index contributed by atoms with van der Waals surface area (Å²) in [6.07, 6.45) is 2.11. The average molecular weight is 175 g/mol. The summed E-state index contributed by atoms with van der Waals surface area (Å²) in [7, 11) is 0. The third-order valence-electron chi connectivity index (χ3n) is 2.23. The molecule has 1 aromatic carbocycles. The van der Waals surface area contributed by atoms with E-state index in [1.165, 1.54) is 5.56 Å². The third-order valence-corrected chi connectivity index (χ3v) is 2.23. The largest absolute Gasteiger partial charge is 0.326 e. The fourth-order valence-electron chi connectivity index (χ4n) is 1.31. The van der Waals surface area contributed by atoms with E-state index in [4.69, 9.17) is 0 Å². The number of hydrogen-bond donors (Lipinski definition) is 1. The Bertz CT molecular complexity index is 329. The average Bonchev–Trinajstić information content (AvgIpc) is 2.85. The summed E-state index contributed by atoms with van der Waals surface area (Å²) >= 11 is 0. The highest BCUT2D eigenvalue weighted by Crippen LogP contribution is 2.30. The number of carbonyl (C=O) groups excluding carboxylic acids is 1. The van der Waals surface area contributed by atoms with Gasteiger partial charge in [0, 0.05) is 11.6 Å². The monoisotopic (exact) mass is 175 g/mol. The van der Waals surface area contributed by atoms with Gasteiger partial charge in [0.05, 0.1) is 0 Å². The first-order chi connectivity index (χ1) is 6.25. The number of hydrogen-bond acceptors (Lipinski definition) is 1. The number of anilines is 1. The lowest BCUT2D eigenvalue weighted by atomic mass is 10.2. The fourth-order valence-corrected chi connectivity index (χ4v) is 1.31. The van der Waals surface area contributed by atoms with Crippen molar-refractivity contribution in [3.63, 3.8) is 0 Å². The maximum atomic E-state index is 11.4. The Labute approximate surface area is 78.0 Å². The molecule has 2 heteroatoms. The highest BCUT2D eigenvalue weighted by Gasteiger charge is 2.29. The molecule has 1 N–H and O–H groups in total. The second kappa shape index (κ2) is 3.21. The number of carbonyl (C=O) groups is 1. The van der Waals surface area contributed by atoms with Crippen molar-refractivity contribution in [3.05, 3.63) is 29.8 Å². The van der Waals surface area contributed by atoms with Gasteiger partial charge in [0.15, 0.2) is 0 Å². The summed E-state index contributed by atoms with van der Waals surface area (Å²) in [5.41, 5.74) is 2.09. The summed E-state index contributed by atoms with van der Waals surface area (Å²) in [5, 5.41) is 2.91. The topological polar surface area (TPSA) is 29.1 Å². The van der Waals surface area contributed by atoms with Crippen molar-refractivity contribution in [2.75, 3.05) is 5.32 Å². The molecule has 2 rings (SSSR count). The van der Waals surface area contributed by atoms with Crippen LogP contribution in [-0.2, 0) is 4.79 Å². The summed E-state index contributed by atoms with van der Waals surface area (Å²) in [5.74, 6) is 0.450. The zero-order valence-corrected chi connectivity index (χ0v) is 7.71. The first kappa shape index (κ1) is 8.30. The van der Waals surface area contributed by atoms with Gasteiger partial charge in [-0.1, -0.05) is 12.1 Å². The van der Waals surface area contributed by atoms with E-state index >= 15 is 0 Å². The highest BCUT2D eigenvalue weighted by molar-refractivity contribution is 5.94. The molecule has 1 saturated carbocycles. The van der Waals surface area contributed by atoms with E-state index in [2.05, 4.69) is 5.32 Å². The summed E-state index contributed by atoms with van der Waals surface area (Å²) in [4.78, 5) is 11.4. The summed E-state index contributed by atoms with van der Waals surface area (Å²) < 4.78 is 0. The van der Waals surface area contributed by atoms with E-state index < -0.39 is 0 Å². The second-order valence-corrected chi connectivity index (χ2v) is 3.63. The van der Waals surface area contributed by atoms with E-state index in [9.17, 15) is 4.79 Å². The second-order valence-electron chi connectivity index (χ2n) is 3.63. The lowest BCUT2D eigenvalue weighted by Crippen LogP contribution is -2.13. The van der Waals surface area contributed by atoms with Gasteiger partial charge < -0.3 is 5.32 Å². The van der Waals surface area contributed by atoms with Gasteiger partial charge in [-0.2, -0.15) is 0 Å². The van der Waals surface area contributed by atoms with Crippen LogP contribution in [0.15, 0.2) is 24.3 Å². The van der Waals surface area contributed by atoms with Crippen LogP contribution in [0, 0.1) is 12.8 Å². The van der Waals surface area contributed by atoms with Gasteiger partial charge in [-0.25, -0.2) is 0 Å². The Morgan fingerprint density at radius 2 is 2.23 bits per heavy atom. The van der Waals surface area contributed by atoms with Gasteiger partial charge in [0.25, 0.3) is 0 Å². The van der Waals surface area contributed by atoms with Crippen molar-refractivity contribution in [1.82, 2.24) is 0 Å². The van der Waals surface area contributed by atoms with Crippen molar-refractivity contribution in [2.24, 2.45) is 5.92 Å². The first-order valence-electron chi connectivity index (χ1n) is 4.63. The van der Waals surface area contributed by atoms with Gasteiger partial charge >= 0.3 is 0 Å². The molecular formula is C11H13NO. The number of aryl methyl sites for hydroxylation is 1. The molecule has 1 aliphatic carbocycles. The Kier molecular flexibility index (Phi) is 2.05. The predicted octanol–water partition coefficient (Wildman–Crippen LogP) is 2.34. The van der Waals surface area contributed by atoms with Crippen LogP contribution in [0.25, 0.3) is 0 Å². The molecular weight excluding hydrogens is 162 g/mol. The Morgan fingerprint density at radius 1 is 1.46 bits per heavy atom. The molecule has 0 radical (unpaired) electrons. The van der Waals surface area contributed by atoms with E-state index in [0.29, 0.717) is 0 Å². The molecule has 1 amide bonds. The molecule has 1 aliphatic rings. The van der Waals surface area contributed by atoms with Gasteiger partial charge in [0.1, 0.15) is 0 Å². The number of benzene rings is 1. The number of nitrogens with one attached hydrogen (secondary N) is 1. The molecule has 13 heavy (non-hydrogen) atoms. The van der Waals surface area contributed by atoms with E-state index in [-0.39, 0.29) is 11.8 Å². The van der Waals surface area contributed by atoms with Gasteiger partial charge in [-0.15, -0.1) is 0 Å². The first-order valence-corrected chi connectivity index (χ1v) is 4.63. The summed E-state index contributed by atoms with van der Waals surface area (Å²) in [6.45, 7) is 2.02. The molecule has 0 saturated heterocycles. The zero-order chi connectivity index (χ0) is 9.26. The Morgan fingerprint density at radius 3 is 2.85 bits per heavy atom. The minimum absolute atomic E-state index is 0.172. The SMILES string of the molecule is Cc1cccc(NC(=O)C2CC2)c1. The fraction of sp³-hybridized carbons (Fsp3) is 0.364. The van der Waals surface area contributed by atoms with Crippen molar-refractivity contribution < 1.29 is 4.79 Å².